The maximum atomic E-state index is 3.74. The second-order valence-corrected chi connectivity index (χ2v) is 7.09. The average Bonchev–Trinajstić information content (AvgIpc) is 2.72. The van der Waals surface area contributed by atoms with Gasteiger partial charge in [-0.3, -0.25) is 4.90 Å². The van der Waals surface area contributed by atoms with E-state index >= 15 is 0 Å². The van der Waals surface area contributed by atoms with Gasteiger partial charge in [0.25, 0.3) is 0 Å². The first-order chi connectivity index (χ1) is 9.88. The molecule has 0 bridgehead atoms. The number of rotatable bonds is 3. The third-order valence-electron chi connectivity index (χ3n) is 5.13. The third-order valence-corrected chi connectivity index (χ3v) is 5.87. The van der Waals surface area contributed by atoms with Crippen LogP contribution in [0.1, 0.15) is 55.6 Å². The number of hydrogen-bond acceptors (Lipinski definition) is 1. The van der Waals surface area contributed by atoms with Gasteiger partial charge in [-0.25, -0.2) is 0 Å². The Morgan fingerprint density at radius 2 is 1.95 bits per heavy atom. The fourth-order valence-electron chi connectivity index (χ4n) is 3.98. The van der Waals surface area contributed by atoms with Gasteiger partial charge in [0, 0.05) is 17.9 Å². The molecule has 0 aromatic heterocycles. The van der Waals surface area contributed by atoms with Crippen molar-refractivity contribution in [1.29, 1.82) is 0 Å². The zero-order chi connectivity index (χ0) is 13.8. The molecule has 0 amide bonds. The summed E-state index contributed by atoms with van der Waals surface area (Å²) in [6.07, 6.45) is 9.62. The Balaban J connectivity index is 1.73. The van der Waals surface area contributed by atoms with Crippen LogP contribution >= 0.6 is 15.9 Å². The molecule has 0 saturated carbocycles. The van der Waals surface area contributed by atoms with Crippen molar-refractivity contribution < 1.29 is 0 Å². The summed E-state index contributed by atoms with van der Waals surface area (Å²) in [5.41, 5.74) is 3.24. The number of benzene rings is 1. The molecule has 110 valence electrons. The van der Waals surface area contributed by atoms with E-state index in [1.807, 2.05) is 0 Å². The number of hydrogen-bond donors (Lipinski definition) is 0. The molecule has 1 aliphatic heterocycles. The fraction of sp³-hybridized carbons (Fsp3) is 0.667. The lowest BCUT2D eigenvalue weighted by molar-refractivity contribution is 0.198. The van der Waals surface area contributed by atoms with Gasteiger partial charge in [0.05, 0.1) is 0 Å². The normalized spacial score (nSPS) is 27.9. The molecule has 1 heterocycles. The van der Waals surface area contributed by atoms with Crippen LogP contribution in [0.3, 0.4) is 0 Å². The molecule has 1 aromatic carbocycles. The van der Waals surface area contributed by atoms with Crippen molar-refractivity contribution in [2.45, 2.75) is 56.9 Å². The minimum Gasteiger partial charge on any atom is -0.299 e. The second-order valence-electron chi connectivity index (χ2n) is 6.44. The number of alkyl halides is 1. The van der Waals surface area contributed by atoms with Crippen molar-refractivity contribution in [3.63, 3.8) is 0 Å². The topological polar surface area (TPSA) is 3.24 Å². The first-order valence-electron chi connectivity index (χ1n) is 8.26. The largest absolute Gasteiger partial charge is 0.299 e. The number of fused-ring (bicyclic) bond motifs is 1. The molecule has 1 aromatic rings. The predicted molar refractivity (Wildman–Crippen MR) is 89.7 cm³/mol. The minimum atomic E-state index is 0.756. The molecular formula is C18H26BrN. The van der Waals surface area contributed by atoms with Crippen molar-refractivity contribution in [3.05, 3.63) is 35.4 Å². The second kappa shape index (κ2) is 7.09. The molecule has 1 saturated heterocycles. The van der Waals surface area contributed by atoms with Gasteiger partial charge in [-0.05, 0) is 55.7 Å². The summed E-state index contributed by atoms with van der Waals surface area (Å²) in [5, 5.41) is 1.14. The Labute approximate surface area is 131 Å². The lowest BCUT2D eigenvalue weighted by Gasteiger charge is -2.34. The summed E-state index contributed by atoms with van der Waals surface area (Å²) in [6, 6.07) is 9.90. The maximum Gasteiger partial charge on any atom is 0.0192 e. The lowest BCUT2D eigenvalue weighted by atomic mass is 9.82. The SMILES string of the molecule is BrCC1CCCCCN1CC1CCCc2ccccc21. The van der Waals surface area contributed by atoms with E-state index in [9.17, 15) is 0 Å². The van der Waals surface area contributed by atoms with Gasteiger partial charge in [-0.1, -0.05) is 53.0 Å². The van der Waals surface area contributed by atoms with Gasteiger partial charge >= 0.3 is 0 Å². The summed E-state index contributed by atoms with van der Waals surface area (Å²) < 4.78 is 0. The summed E-state index contributed by atoms with van der Waals surface area (Å²) >= 11 is 3.74. The van der Waals surface area contributed by atoms with E-state index in [0.717, 1.165) is 17.3 Å². The standard InChI is InChI=1S/C18H26BrN/c19-13-17-10-2-1-5-12-20(17)14-16-9-6-8-15-7-3-4-11-18(15)16/h3-4,7,11,16-17H,1-2,5-6,8-10,12-14H2. The Morgan fingerprint density at radius 3 is 2.85 bits per heavy atom. The van der Waals surface area contributed by atoms with Gasteiger partial charge in [0.15, 0.2) is 0 Å². The fourth-order valence-corrected chi connectivity index (χ4v) is 4.71. The molecule has 2 unspecified atom stereocenters. The summed E-state index contributed by atoms with van der Waals surface area (Å²) in [4.78, 5) is 2.77. The smallest absolute Gasteiger partial charge is 0.0192 e. The Kier molecular flexibility index (Phi) is 5.17. The van der Waals surface area contributed by atoms with Crippen LogP contribution in [0.5, 0.6) is 0 Å². The van der Waals surface area contributed by atoms with Crippen molar-refractivity contribution in [2.75, 3.05) is 18.4 Å². The number of likely N-dealkylation sites (tertiary alicyclic amines) is 1. The Hall–Kier alpha value is -0.340. The summed E-state index contributed by atoms with van der Waals surface area (Å²) in [6.45, 7) is 2.57. The van der Waals surface area contributed by atoms with E-state index in [-0.39, 0.29) is 0 Å². The van der Waals surface area contributed by atoms with Crippen LogP contribution in [0, 0.1) is 0 Å². The van der Waals surface area contributed by atoms with Crippen molar-refractivity contribution >= 4 is 15.9 Å². The van der Waals surface area contributed by atoms with Crippen LogP contribution < -0.4 is 0 Å². The molecule has 0 N–H and O–H groups in total. The van der Waals surface area contributed by atoms with E-state index < -0.39 is 0 Å². The lowest BCUT2D eigenvalue weighted by Crippen LogP contribution is -2.39. The average molecular weight is 336 g/mol. The number of aryl methyl sites for hydroxylation is 1. The zero-order valence-corrected chi connectivity index (χ0v) is 13.9. The van der Waals surface area contributed by atoms with Crippen LogP contribution in [-0.2, 0) is 6.42 Å². The Morgan fingerprint density at radius 1 is 1.05 bits per heavy atom. The maximum absolute atomic E-state index is 3.74. The first kappa shape index (κ1) is 14.6. The Bertz CT molecular complexity index is 431. The van der Waals surface area contributed by atoms with Crippen LogP contribution in [0.2, 0.25) is 0 Å². The van der Waals surface area contributed by atoms with Crippen molar-refractivity contribution in [2.24, 2.45) is 0 Å². The highest BCUT2D eigenvalue weighted by atomic mass is 79.9. The molecule has 1 aliphatic carbocycles. The third kappa shape index (κ3) is 3.28. The highest BCUT2D eigenvalue weighted by molar-refractivity contribution is 9.09. The van der Waals surface area contributed by atoms with Gasteiger partial charge in [0.2, 0.25) is 0 Å². The van der Waals surface area contributed by atoms with Crippen LogP contribution in [-0.4, -0.2) is 29.4 Å². The molecule has 1 nitrogen and oxygen atoms in total. The number of halogens is 1. The van der Waals surface area contributed by atoms with Crippen LogP contribution in [0.25, 0.3) is 0 Å². The van der Waals surface area contributed by atoms with E-state index in [2.05, 4.69) is 45.1 Å². The van der Waals surface area contributed by atoms with E-state index in [0.29, 0.717) is 0 Å². The highest BCUT2D eigenvalue weighted by Gasteiger charge is 2.26. The summed E-state index contributed by atoms with van der Waals surface area (Å²) in [7, 11) is 0. The molecule has 2 heteroatoms. The zero-order valence-electron chi connectivity index (χ0n) is 12.4. The minimum absolute atomic E-state index is 0.756. The molecule has 2 aliphatic rings. The molecule has 0 radical (unpaired) electrons. The first-order valence-corrected chi connectivity index (χ1v) is 9.38. The van der Waals surface area contributed by atoms with E-state index in [1.165, 1.54) is 58.0 Å². The monoisotopic (exact) mass is 335 g/mol. The predicted octanol–water partition coefficient (Wildman–Crippen LogP) is 4.75. The number of nitrogens with zero attached hydrogens (tertiary/aromatic N) is 1. The van der Waals surface area contributed by atoms with Crippen LogP contribution in [0.4, 0.5) is 0 Å². The molecule has 1 fully saturated rings. The molecule has 20 heavy (non-hydrogen) atoms. The molecular weight excluding hydrogens is 310 g/mol. The van der Waals surface area contributed by atoms with Crippen molar-refractivity contribution in [3.8, 4) is 0 Å². The van der Waals surface area contributed by atoms with Crippen molar-refractivity contribution in [1.82, 2.24) is 4.90 Å². The van der Waals surface area contributed by atoms with Gasteiger partial charge < -0.3 is 0 Å². The van der Waals surface area contributed by atoms with Crippen LogP contribution in [0.15, 0.2) is 24.3 Å². The quantitative estimate of drug-likeness (QED) is 0.720. The molecule has 3 rings (SSSR count). The van der Waals surface area contributed by atoms with Gasteiger partial charge in [-0.2, -0.15) is 0 Å². The molecule has 2 atom stereocenters. The molecule has 0 spiro atoms. The highest BCUT2D eigenvalue weighted by Crippen LogP contribution is 2.33. The van der Waals surface area contributed by atoms with E-state index in [4.69, 9.17) is 0 Å². The van der Waals surface area contributed by atoms with Gasteiger partial charge in [0.1, 0.15) is 0 Å². The van der Waals surface area contributed by atoms with E-state index in [1.54, 1.807) is 11.1 Å². The summed E-state index contributed by atoms with van der Waals surface area (Å²) in [5.74, 6) is 0.764. The van der Waals surface area contributed by atoms with Gasteiger partial charge in [-0.15, -0.1) is 0 Å².